The van der Waals surface area contributed by atoms with Gasteiger partial charge in [0.1, 0.15) is 0 Å². The zero-order chi connectivity index (χ0) is 15.4. The highest BCUT2D eigenvalue weighted by molar-refractivity contribution is 5.78. The minimum atomic E-state index is 0.116. The highest BCUT2D eigenvalue weighted by Crippen LogP contribution is 2.27. The Morgan fingerprint density at radius 1 is 1.32 bits per heavy atom. The van der Waals surface area contributed by atoms with Gasteiger partial charge in [0.25, 0.3) is 0 Å². The van der Waals surface area contributed by atoms with Crippen LogP contribution in [0.25, 0.3) is 0 Å². The summed E-state index contributed by atoms with van der Waals surface area (Å²) in [5.41, 5.74) is 2.90. The molecule has 1 aliphatic heterocycles. The third kappa shape index (κ3) is 4.31. The van der Waals surface area contributed by atoms with Crippen molar-refractivity contribution in [3.8, 4) is 0 Å². The summed E-state index contributed by atoms with van der Waals surface area (Å²) >= 11 is 0. The third-order valence-corrected chi connectivity index (χ3v) is 4.79. The fraction of sp³-hybridized carbons (Fsp3) is 0.611. The quantitative estimate of drug-likeness (QED) is 0.803. The van der Waals surface area contributed by atoms with Gasteiger partial charge in [0.05, 0.1) is 6.54 Å². The normalized spacial score (nSPS) is 19.5. The number of amides is 1. The number of rotatable bonds is 7. The topological polar surface area (TPSA) is 44.4 Å². The van der Waals surface area contributed by atoms with Crippen molar-refractivity contribution in [1.82, 2.24) is 15.5 Å². The van der Waals surface area contributed by atoms with Gasteiger partial charge in [-0.15, -0.1) is 0 Å². The molecule has 1 atom stereocenters. The smallest absolute Gasteiger partial charge is 0.234 e. The molecule has 1 aliphatic carbocycles. The Balaban J connectivity index is 1.38. The molecule has 1 unspecified atom stereocenters. The average Bonchev–Trinajstić information content (AvgIpc) is 3.36. The first-order chi connectivity index (χ1) is 10.7. The van der Waals surface area contributed by atoms with Crippen molar-refractivity contribution in [3.05, 3.63) is 35.4 Å². The number of carbonyl (C=O) groups is 1. The molecule has 120 valence electrons. The Hall–Kier alpha value is -1.39. The SMILES string of the molecule is CC(CNC(=O)CNCC1CC1)N1CCc2ccccc2C1. The summed E-state index contributed by atoms with van der Waals surface area (Å²) in [4.78, 5) is 14.3. The maximum absolute atomic E-state index is 11.8. The lowest BCUT2D eigenvalue weighted by Gasteiger charge is -2.33. The predicted octanol–water partition coefficient (Wildman–Crippen LogP) is 1.55. The Morgan fingerprint density at radius 3 is 2.86 bits per heavy atom. The molecule has 3 rings (SSSR count). The summed E-state index contributed by atoms with van der Waals surface area (Å²) in [5.74, 6) is 0.935. The van der Waals surface area contributed by atoms with Crippen LogP contribution in [0.5, 0.6) is 0 Å². The van der Waals surface area contributed by atoms with Crippen LogP contribution in [0.15, 0.2) is 24.3 Å². The molecule has 0 saturated heterocycles. The molecular weight excluding hydrogens is 274 g/mol. The Labute approximate surface area is 133 Å². The van der Waals surface area contributed by atoms with Crippen LogP contribution in [0.1, 0.15) is 30.9 Å². The van der Waals surface area contributed by atoms with Gasteiger partial charge in [-0.1, -0.05) is 24.3 Å². The highest BCUT2D eigenvalue weighted by atomic mass is 16.1. The van der Waals surface area contributed by atoms with Crippen LogP contribution in [0.4, 0.5) is 0 Å². The van der Waals surface area contributed by atoms with E-state index in [4.69, 9.17) is 0 Å². The average molecular weight is 301 g/mol. The van der Waals surface area contributed by atoms with Gasteiger partial charge in [0.15, 0.2) is 0 Å². The van der Waals surface area contributed by atoms with Gasteiger partial charge in [-0.05, 0) is 49.8 Å². The number of fused-ring (bicyclic) bond motifs is 1. The van der Waals surface area contributed by atoms with Crippen LogP contribution in [-0.4, -0.2) is 43.0 Å². The van der Waals surface area contributed by atoms with Crippen molar-refractivity contribution >= 4 is 5.91 Å². The third-order valence-electron chi connectivity index (χ3n) is 4.79. The van der Waals surface area contributed by atoms with E-state index in [1.807, 2.05) is 0 Å². The van der Waals surface area contributed by atoms with Crippen LogP contribution in [0, 0.1) is 5.92 Å². The molecule has 1 aromatic carbocycles. The van der Waals surface area contributed by atoms with E-state index >= 15 is 0 Å². The molecule has 0 aromatic heterocycles. The first kappa shape index (κ1) is 15.5. The van der Waals surface area contributed by atoms with Crippen LogP contribution >= 0.6 is 0 Å². The zero-order valence-electron chi connectivity index (χ0n) is 13.5. The molecule has 2 aliphatic rings. The summed E-state index contributed by atoms with van der Waals surface area (Å²) in [6.07, 6.45) is 3.75. The molecule has 1 amide bonds. The van der Waals surface area contributed by atoms with Gasteiger partial charge >= 0.3 is 0 Å². The Morgan fingerprint density at radius 2 is 2.09 bits per heavy atom. The second-order valence-corrected chi connectivity index (χ2v) is 6.72. The molecule has 0 spiro atoms. The lowest BCUT2D eigenvalue weighted by Crippen LogP contribution is -2.46. The summed E-state index contributed by atoms with van der Waals surface area (Å²) in [6.45, 7) is 6.44. The molecule has 22 heavy (non-hydrogen) atoms. The van der Waals surface area contributed by atoms with E-state index in [0.29, 0.717) is 12.6 Å². The lowest BCUT2D eigenvalue weighted by molar-refractivity contribution is -0.120. The monoisotopic (exact) mass is 301 g/mol. The van der Waals surface area contributed by atoms with Gasteiger partial charge in [-0.3, -0.25) is 9.69 Å². The number of hydrogen-bond acceptors (Lipinski definition) is 3. The Bertz CT molecular complexity index is 513. The molecule has 4 nitrogen and oxygen atoms in total. The number of nitrogens with one attached hydrogen (secondary N) is 2. The van der Waals surface area contributed by atoms with Gasteiger partial charge in [-0.2, -0.15) is 0 Å². The first-order valence-electron chi connectivity index (χ1n) is 8.50. The van der Waals surface area contributed by atoms with E-state index in [-0.39, 0.29) is 5.91 Å². The summed E-state index contributed by atoms with van der Waals surface area (Å²) < 4.78 is 0. The molecule has 1 saturated carbocycles. The summed E-state index contributed by atoms with van der Waals surface area (Å²) in [5, 5.41) is 6.29. The van der Waals surface area contributed by atoms with E-state index in [0.717, 1.165) is 38.5 Å². The molecule has 1 aromatic rings. The predicted molar refractivity (Wildman–Crippen MR) is 88.6 cm³/mol. The van der Waals surface area contributed by atoms with Crippen molar-refractivity contribution in [2.24, 2.45) is 5.92 Å². The van der Waals surface area contributed by atoms with Crippen molar-refractivity contribution in [3.63, 3.8) is 0 Å². The molecule has 2 N–H and O–H groups in total. The van der Waals surface area contributed by atoms with Gasteiger partial charge < -0.3 is 10.6 Å². The van der Waals surface area contributed by atoms with Gasteiger partial charge in [0, 0.05) is 25.7 Å². The standard InChI is InChI=1S/C18H27N3O/c1-14(10-20-18(22)12-19-11-15-6-7-15)21-9-8-16-4-2-3-5-17(16)13-21/h2-5,14-15,19H,6-13H2,1H3,(H,20,22). The van der Waals surface area contributed by atoms with Crippen molar-refractivity contribution in [2.45, 2.75) is 38.8 Å². The van der Waals surface area contributed by atoms with E-state index in [1.165, 1.54) is 24.0 Å². The van der Waals surface area contributed by atoms with Crippen LogP contribution in [0.2, 0.25) is 0 Å². The second kappa shape index (κ2) is 7.25. The van der Waals surface area contributed by atoms with Gasteiger partial charge in [-0.25, -0.2) is 0 Å². The summed E-state index contributed by atoms with van der Waals surface area (Å²) in [7, 11) is 0. The van der Waals surface area contributed by atoms with Crippen LogP contribution in [0.3, 0.4) is 0 Å². The maximum atomic E-state index is 11.8. The van der Waals surface area contributed by atoms with E-state index < -0.39 is 0 Å². The lowest BCUT2D eigenvalue weighted by atomic mass is 9.99. The highest BCUT2D eigenvalue weighted by Gasteiger charge is 2.22. The number of nitrogens with zero attached hydrogens (tertiary/aromatic N) is 1. The Kier molecular flexibility index (Phi) is 5.11. The summed E-state index contributed by atoms with van der Waals surface area (Å²) in [6, 6.07) is 9.05. The molecule has 1 heterocycles. The number of benzene rings is 1. The molecule has 4 heteroatoms. The maximum Gasteiger partial charge on any atom is 0.234 e. The van der Waals surface area contributed by atoms with Crippen LogP contribution in [-0.2, 0) is 17.8 Å². The number of carbonyl (C=O) groups excluding carboxylic acids is 1. The fourth-order valence-corrected chi connectivity index (χ4v) is 3.06. The fourth-order valence-electron chi connectivity index (χ4n) is 3.06. The zero-order valence-corrected chi connectivity index (χ0v) is 13.5. The van der Waals surface area contributed by atoms with Crippen LogP contribution < -0.4 is 10.6 Å². The van der Waals surface area contributed by atoms with Crippen molar-refractivity contribution in [2.75, 3.05) is 26.2 Å². The second-order valence-electron chi connectivity index (χ2n) is 6.72. The minimum absolute atomic E-state index is 0.116. The minimum Gasteiger partial charge on any atom is -0.353 e. The van der Waals surface area contributed by atoms with Gasteiger partial charge in [0.2, 0.25) is 5.91 Å². The molecule has 1 fully saturated rings. The molecular formula is C18H27N3O. The largest absolute Gasteiger partial charge is 0.353 e. The molecule has 0 bridgehead atoms. The first-order valence-corrected chi connectivity index (χ1v) is 8.50. The molecule has 0 radical (unpaired) electrons. The van der Waals surface area contributed by atoms with E-state index in [9.17, 15) is 4.79 Å². The van der Waals surface area contributed by atoms with E-state index in [2.05, 4.69) is 46.7 Å². The van der Waals surface area contributed by atoms with E-state index in [1.54, 1.807) is 0 Å². The number of hydrogen-bond donors (Lipinski definition) is 2. The van der Waals surface area contributed by atoms with Crippen molar-refractivity contribution in [1.29, 1.82) is 0 Å². The van der Waals surface area contributed by atoms with Crippen molar-refractivity contribution < 1.29 is 4.79 Å².